The third-order valence-electron chi connectivity index (χ3n) is 5.42. The second kappa shape index (κ2) is 7.16. The first kappa shape index (κ1) is 16.6. The molecule has 2 aromatic rings. The number of fused-ring (bicyclic) bond motifs is 2. The fraction of sp³-hybridized carbons (Fsp3) is 0.429. The number of hydrogen-bond donors (Lipinski definition) is 1. The Morgan fingerprint density at radius 1 is 1.12 bits per heavy atom. The highest BCUT2D eigenvalue weighted by Crippen LogP contribution is 2.35. The van der Waals surface area contributed by atoms with Crippen molar-refractivity contribution < 1.29 is 14.6 Å². The number of rotatable bonds is 4. The molecule has 4 nitrogen and oxygen atoms in total. The van der Waals surface area contributed by atoms with Gasteiger partial charge in [0.1, 0.15) is 5.75 Å². The Hall–Kier alpha value is -1.88. The molecule has 2 aliphatic rings. The topological polar surface area (TPSA) is 41.9 Å². The summed E-state index contributed by atoms with van der Waals surface area (Å²) in [4.78, 5) is 2.48. The van der Waals surface area contributed by atoms with Crippen LogP contribution in [0.15, 0.2) is 48.5 Å². The van der Waals surface area contributed by atoms with Gasteiger partial charge in [0.15, 0.2) is 0 Å². The van der Waals surface area contributed by atoms with E-state index < -0.39 is 0 Å². The minimum atomic E-state index is -0.124. The van der Waals surface area contributed by atoms with E-state index in [1.807, 2.05) is 12.1 Å². The number of nitrogens with zero attached hydrogens (tertiary/aromatic N) is 1. The van der Waals surface area contributed by atoms with Crippen LogP contribution in [0.5, 0.6) is 5.75 Å². The lowest BCUT2D eigenvalue weighted by Crippen LogP contribution is -2.58. The highest BCUT2D eigenvalue weighted by atomic mass is 16.5. The van der Waals surface area contributed by atoms with Gasteiger partial charge in [-0.25, -0.2) is 0 Å². The van der Waals surface area contributed by atoms with Crippen LogP contribution < -0.4 is 4.74 Å². The average Bonchev–Trinajstić information content (AvgIpc) is 2.66. The smallest absolute Gasteiger partial charge is 0.122 e. The first-order valence-corrected chi connectivity index (χ1v) is 8.97. The average molecular weight is 339 g/mol. The molecular formula is C21H25NO3. The molecule has 2 unspecified atom stereocenters. The fourth-order valence-electron chi connectivity index (χ4n) is 4.21. The van der Waals surface area contributed by atoms with Crippen molar-refractivity contribution in [2.75, 3.05) is 20.3 Å². The van der Waals surface area contributed by atoms with Crippen LogP contribution in [-0.4, -0.2) is 48.5 Å². The van der Waals surface area contributed by atoms with Crippen molar-refractivity contribution in [1.82, 2.24) is 4.90 Å². The molecule has 0 aromatic heterocycles. The Morgan fingerprint density at radius 2 is 1.96 bits per heavy atom. The van der Waals surface area contributed by atoms with Crippen molar-refractivity contribution in [1.29, 1.82) is 0 Å². The van der Waals surface area contributed by atoms with Crippen LogP contribution in [0.4, 0.5) is 0 Å². The molecular weight excluding hydrogens is 314 g/mol. The molecule has 0 saturated carbocycles. The van der Waals surface area contributed by atoms with Crippen molar-refractivity contribution in [2.24, 2.45) is 0 Å². The molecule has 0 bridgehead atoms. The van der Waals surface area contributed by atoms with Crippen LogP contribution in [0, 0.1) is 0 Å². The number of morpholine rings is 1. The minimum Gasteiger partial charge on any atom is -0.496 e. The lowest BCUT2D eigenvalue weighted by atomic mass is 9.83. The summed E-state index contributed by atoms with van der Waals surface area (Å²) in [5.41, 5.74) is 3.91. The lowest BCUT2D eigenvalue weighted by Gasteiger charge is -2.47. The van der Waals surface area contributed by atoms with E-state index in [2.05, 4.69) is 41.3 Å². The minimum absolute atomic E-state index is 0.0628. The molecule has 4 heteroatoms. The number of aliphatic hydroxyl groups is 1. The molecule has 0 amide bonds. The van der Waals surface area contributed by atoms with Crippen LogP contribution in [0.2, 0.25) is 0 Å². The van der Waals surface area contributed by atoms with Gasteiger partial charge in [0.05, 0.1) is 25.9 Å². The van der Waals surface area contributed by atoms with E-state index in [4.69, 9.17) is 9.47 Å². The summed E-state index contributed by atoms with van der Waals surface area (Å²) in [6.45, 7) is 1.72. The largest absolute Gasteiger partial charge is 0.496 e. The van der Waals surface area contributed by atoms with Gasteiger partial charge in [-0.2, -0.15) is 0 Å². The summed E-state index contributed by atoms with van der Waals surface area (Å²) in [6.07, 6.45) is 1.77. The van der Waals surface area contributed by atoms with Crippen LogP contribution in [0.25, 0.3) is 0 Å². The molecule has 1 aliphatic carbocycles. The summed E-state index contributed by atoms with van der Waals surface area (Å²) in [5, 5.41) is 9.68. The van der Waals surface area contributed by atoms with E-state index in [0.717, 1.165) is 31.7 Å². The molecule has 0 spiro atoms. The normalized spacial score (nSPS) is 25.9. The zero-order valence-electron chi connectivity index (χ0n) is 14.6. The Morgan fingerprint density at radius 3 is 2.72 bits per heavy atom. The summed E-state index contributed by atoms with van der Waals surface area (Å²) in [6, 6.07) is 17.2. The van der Waals surface area contributed by atoms with Crippen molar-refractivity contribution in [3.63, 3.8) is 0 Å². The zero-order chi connectivity index (χ0) is 17.2. The first-order chi connectivity index (χ1) is 12.3. The third-order valence-corrected chi connectivity index (χ3v) is 5.42. The molecule has 1 fully saturated rings. The SMILES string of the molecule is COc1cccc2c1C[C@H]1OC(CO)CN(Cc3ccccc3)C1C2. The molecule has 1 heterocycles. The van der Waals surface area contributed by atoms with E-state index in [1.54, 1.807) is 7.11 Å². The maximum absolute atomic E-state index is 9.68. The van der Waals surface area contributed by atoms with Gasteiger partial charge in [0, 0.05) is 25.6 Å². The molecule has 1 aliphatic heterocycles. The first-order valence-electron chi connectivity index (χ1n) is 8.97. The number of hydrogen-bond acceptors (Lipinski definition) is 4. The number of ether oxygens (including phenoxy) is 2. The maximum atomic E-state index is 9.68. The van der Waals surface area contributed by atoms with E-state index in [1.165, 1.54) is 16.7 Å². The monoisotopic (exact) mass is 339 g/mol. The summed E-state index contributed by atoms with van der Waals surface area (Å²) in [5.74, 6) is 0.945. The van der Waals surface area contributed by atoms with Gasteiger partial charge in [0.2, 0.25) is 0 Å². The molecule has 2 aromatic carbocycles. The second-order valence-corrected chi connectivity index (χ2v) is 6.97. The molecule has 0 radical (unpaired) electrons. The zero-order valence-corrected chi connectivity index (χ0v) is 14.6. The van der Waals surface area contributed by atoms with E-state index in [-0.39, 0.29) is 18.8 Å². The summed E-state index contributed by atoms with van der Waals surface area (Å²) in [7, 11) is 1.72. The van der Waals surface area contributed by atoms with Gasteiger partial charge in [-0.05, 0) is 29.2 Å². The van der Waals surface area contributed by atoms with Gasteiger partial charge >= 0.3 is 0 Å². The van der Waals surface area contributed by atoms with E-state index >= 15 is 0 Å². The van der Waals surface area contributed by atoms with Gasteiger partial charge < -0.3 is 14.6 Å². The third kappa shape index (κ3) is 3.30. The Bertz CT molecular complexity index is 718. The summed E-state index contributed by atoms with van der Waals surface area (Å²) >= 11 is 0. The van der Waals surface area contributed by atoms with Crippen molar-refractivity contribution in [3.8, 4) is 5.75 Å². The Balaban J connectivity index is 1.62. The quantitative estimate of drug-likeness (QED) is 0.929. The van der Waals surface area contributed by atoms with Crippen molar-refractivity contribution in [3.05, 3.63) is 65.2 Å². The van der Waals surface area contributed by atoms with E-state index in [0.29, 0.717) is 6.04 Å². The van der Waals surface area contributed by atoms with Crippen LogP contribution in [0.3, 0.4) is 0 Å². The molecule has 3 atom stereocenters. The van der Waals surface area contributed by atoms with Gasteiger partial charge in [-0.1, -0.05) is 42.5 Å². The fourth-order valence-corrected chi connectivity index (χ4v) is 4.21. The summed E-state index contributed by atoms with van der Waals surface area (Å²) < 4.78 is 11.8. The number of benzene rings is 2. The maximum Gasteiger partial charge on any atom is 0.122 e. The van der Waals surface area contributed by atoms with Gasteiger partial charge in [-0.3, -0.25) is 4.90 Å². The molecule has 1 N–H and O–H groups in total. The number of aliphatic hydroxyl groups excluding tert-OH is 1. The van der Waals surface area contributed by atoms with Gasteiger partial charge in [0.25, 0.3) is 0 Å². The highest BCUT2D eigenvalue weighted by molar-refractivity contribution is 5.43. The highest BCUT2D eigenvalue weighted by Gasteiger charge is 2.40. The molecule has 4 rings (SSSR count). The molecule has 1 saturated heterocycles. The second-order valence-electron chi connectivity index (χ2n) is 6.97. The number of methoxy groups -OCH3 is 1. The van der Waals surface area contributed by atoms with Gasteiger partial charge in [-0.15, -0.1) is 0 Å². The molecule has 132 valence electrons. The van der Waals surface area contributed by atoms with Crippen LogP contribution >= 0.6 is 0 Å². The Kier molecular flexibility index (Phi) is 4.75. The standard InChI is InChI=1S/C21H25NO3/c1-24-20-9-5-8-16-10-19-21(11-18(16)20)25-17(14-23)13-22(19)12-15-6-3-2-4-7-15/h2-9,17,19,21,23H,10-14H2,1H3/t17?,19?,21-/m1/s1. The predicted octanol–water partition coefficient (Wildman–Crippen LogP) is 2.42. The Labute approximate surface area is 149 Å². The van der Waals surface area contributed by atoms with Crippen molar-refractivity contribution in [2.45, 2.75) is 37.6 Å². The predicted molar refractivity (Wildman–Crippen MR) is 96.8 cm³/mol. The van der Waals surface area contributed by atoms with Crippen molar-refractivity contribution >= 4 is 0 Å². The molecule has 25 heavy (non-hydrogen) atoms. The lowest BCUT2D eigenvalue weighted by molar-refractivity contribution is -0.138. The van der Waals surface area contributed by atoms with Crippen LogP contribution in [0.1, 0.15) is 16.7 Å². The van der Waals surface area contributed by atoms with Crippen LogP contribution in [-0.2, 0) is 24.1 Å². The van der Waals surface area contributed by atoms with E-state index in [9.17, 15) is 5.11 Å².